The Hall–Kier alpha value is -1.30. The molecular weight excluding hydrogens is 292 g/mol. The molecule has 1 fully saturated rings. The molecule has 0 radical (unpaired) electrons. The molecule has 21 heavy (non-hydrogen) atoms. The fraction of sp³-hybridized carbons (Fsp3) is 0.533. The summed E-state index contributed by atoms with van der Waals surface area (Å²) in [4.78, 5) is 13.8. The molecule has 2 rings (SSSR count). The first-order chi connectivity index (χ1) is 10.1. The average molecular weight is 313 g/mol. The Morgan fingerprint density at radius 1 is 1.48 bits per heavy atom. The first-order valence-corrected chi connectivity index (χ1v) is 7.47. The van der Waals surface area contributed by atoms with Crippen molar-refractivity contribution < 1.29 is 14.3 Å². The highest BCUT2D eigenvalue weighted by Crippen LogP contribution is 2.23. The minimum absolute atomic E-state index is 0.00623. The predicted molar refractivity (Wildman–Crippen MR) is 81.5 cm³/mol. The molecule has 2 N–H and O–H groups in total. The number of para-hydroxylation sites is 1. The van der Waals surface area contributed by atoms with Gasteiger partial charge < -0.3 is 20.1 Å². The number of carbonyl (C=O) groups excluding carboxylic acids is 1. The Morgan fingerprint density at radius 3 is 2.90 bits per heavy atom. The minimum Gasteiger partial charge on any atom is -0.490 e. The summed E-state index contributed by atoms with van der Waals surface area (Å²) in [6.45, 7) is 1.33. The van der Waals surface area contributed by atoms with Crippen molar-refractivity contribution in [2.24, 2.45) is 5.73 Å². The molecule has 0 aliphatic carbocycles. The molecule has 1 aromatic rings. The summed E-state index contributed by atoms with van der Waals surface area (Å²) in [6.07, 6.45) is 1.21. The largest absolute Gasteiger partial charge is 0.490 e. The van der Waals surface area contributed by atoms with Crippen LogP contribution in [0.2, 0.25) is 5.02 Å². The van der Waals surface area contributed by atoms with Crippen molar-refractivity contribution in [2.75, 3.05) is 26.7 Å². The maximum atomic E-state index is 12.2. The lowest BCUT2D eigenvalue weighted by Crippen LogP contribution is -2.39. The molecule has 0 saturated carbocycles. The topological polar surface area (TPSA) is 64.8 Å². The van der Waals surface area contributed by atoms with Crippen molar-refractivity contribution in [3.8, 4) is 5.75 Å². The van der Waals surface area contributed by atoms with Gasteiger partial charge in [-0.25, -0.2) is 0 Å². The van der Waals surface area contributed by atoms with E-state index in [1.54, 1.807) is 24.1 Å². The van der Waals surface area contributed by atoms with E-state index in [9.17, 15) is 4.79 Å². The van der Waals surface area contributed by atoms with Gasteiger partial charge in [-0.1, -0.05) is 23.7 Å². The van der Waals surface area contributed by atoms with Crippen molar-refractivity contribution in [2.45, 2.75) is 25.0 Å². The Balaban J connectivity index is 1.75. The number of benzene rings is 1. The van der Waals surface area contributed by atoms with Gasteiger partial charge in [-0.3, -0.25) is 4.79 Å². The number of ether oxygens (including phenoxy) is 2. The molecule has 1 heterocycles. The van der Waals surface area contributed by atoms with E-state index in [-0.39, 0.29) is 18.1 Å². The van der Waals surface area contributed by atoms with Gasteiger partial charge in [0.15, 0.2) is 0 Å². The Morgan fingerprint density at radius 2 is 2.24 bits per heavy atom. The molecule has 0 aromatic heterocycles. The van der Waals surface area contributed by atoms with E-state index in [0.717, 1.165) is 12.8 Å². The van der Waals surface area contributed by atoms with Crippen LogP contribution in [0.5, 0.6) is 5.75 Å². The first-order valence-electron chi connectivity index (χ1n) is 7.09. The van der Waals surface area contributed by atoms with Crippen molar-refractivity contribution in [1.29, 1.82) is 0 Å². The van der Waals surface area contributed by atoms with Crippen LogP contribution in [0.4, 0.5) is 0 Å². The number of nitrogens with two attached hydrogens (primary N) is 1. The maximum Gasteiger partial charge on any atom is 0.251 e. The van der Waals surface area contributed by atoms with E-state index in [0.29, 0.717) is 30.5 Å². The van der Waals surface area contributed by atoms with E-state index < -0.39 is 0 Å². The first kappa shape index (κ1) is 16.1. The third-order valence-electron chi connectivity index (χ3n) is 3.54. The fourth-order valence-corrected chi connectivity index (χ4v) is 2.46. The van der Waals surface area contributed by atoms with Crippen molar-refractivity contribution in [3.63, 3.8) is 0 Å². The van der Waals surface area contributed by atoms with Crippen molar-refractivity contribution in [1.82, 2.24) is 4.90 Å². The molecule has 5 nitrogen and oxygen atoms in total. The molecular formula is C15H21ClN2O3. The molecule has 1 aliphatic heterocycles. The van der Waals surface area contributed by atoms with E-state index in [2.05, 4.69) is 0 Å². The Kier molecular flexibility index (Phi) is 5.85. The highest BCUT2D eigenvalue weighted by Gasteiger charge is 2.31. The van der Waals surface area contributed by atoms with Gasteiger partial charge in [0.2, 0.25) is 0 Å². The van der Waals surface area contributed by atoms with Gasteiger partial charge in [-0.2, -0.15) is 0 Å². The normalized spacial score (nSPS) is 21.3. The predicted octanol–water partition coefficient (Wildman–Crippen LogP) is 1.68. The molecule has 1 amide bonds. The van der Waals surface area contributed by atoms with Crippen molar-refractivity contribution >= 4 is 17.5 Å². The van der Waals surface area contributed by atoms with Crippen LogP contribution in [0.15, 0.2) is 24.3 Å². The molecule has 1 aliphatic rings. The highest BCUT2D eigenvalue weighted by atomic mass is 35.5. The fourth-order valence-electron chi connectivity index (χ4n) is 2.27. The summed E-state index contributed by atoms with van der Waals surface area (Å²) < 4.78 is 11.2. The van der Waals surface area contributed by atoms with Gasteiger partial charge >= 0.3 is 0 Å². The monoisotopic (exact) mass is 312 g/mol. The van der Waals surface area contributed by atoms with Crippen LogP contribution in [0.3, 0.4) is 0 Å². The summed E-state index contributed by atoms with van der Waals surface area (Å²) in [5.41, 5.74) is 5.55. The molecule has 0 spiro atoms. The Bertz CT molecular complexity index is 484. The van der Waals surface area contributed by atoms with Crippen LogP contribution in [-0.2, 0) is 9.53 Å². The Labute approximate surface area is 130 Å². The number of halogens is 1. The molecule has 2 atom stereocenters. The molecule has 1 saturated heterocycles. The number of amides is 1. The summed E-state index contributed by atoms with van der Waals surface area (Å²) in [7, 11) is 1.75. The van der Waals surface area contributed by atoms with Gasteiger partial charge in [0.1, 0.15) is 18.5 Å². The second kappa shape index (κ2) is 7.64. The summed E-state index contributed by atoms with van der Waals surface area (Å²) in [6, 6.07) is 7.27. The van der Waals surface area contributed by atoms with Crippen LogP contribution < -0.4 is 10.5 Å². The number of rotatable bonds is 6. The van der Waals surface area contributed by atoms with E-state index in [1.807, 2.05) is 12.1 Å². The molecule has 0 unspecified atom stereocenters. The zero-order valence-electron chi connectivity index (χ0n) is 12.1. The third-order valence-corrected chi connectivity index (χ3v) is 3.86. The SMILES string of the molecule is CN(CCOc1ccccc1Cl)C(=O)[C@@H]1CC[C@H](CN)O1. The standard InChI is InChI=1S/C15H21ClN2O3/c1-18(15(19)14-7-6-11(10-17)21-14)8-9-20-13-5-3-2-4-12(13)16/h2-5,11,14H,6-10,17H2,1H3/t11-,14+/m1/s1. The summed E-state index contributed by atoms with van der Waals surface area (Å²) >= 11 is 6.00. The van der Waals surface area contributed by atoms with Crippen LogP contribution in [0, 0.1) is 0 Å². The van der Waals surface area contributed by atoms with Crippen LogP contribution in [0.1, 0.15) is 12.8 Å². The number of hydrogen-bond acceptors (Lipinski definition) is 4. The number of carbonyl (C=O) groups is 1. The van der Waals surface area contributed by atoms with Crippen molar-refractivity contribution in [3.05, 3.63) is 29.3 Å². The third kappa shape index (κ3) is 4.33. The summed E-state index contributed by atoms with van der Waals surface area (Å²) in [5, 5.41) is 0.566. The lowest BCUT2D eigenvalue weighted by Gasteiger charge is -2.21. The quantitative estimate of drug-likeness (QED) is 0.868. The van der Waals surface area contributed by atoms with E-state index in [4.69, 9.17) is 26.8 Å². The number of likely N-dealkylation sites (N-methyl/N-ethyl adjacent to an activating group) is 1. The summed E-state index contributed by atoms with van der Waals surface area (Å²) in [5.74, 6) is 0.606. The van der Waals surface area contributed by atoms with Gasteiger partial charge in [0, 0.05) is 13.6 Å². The number of nitrogens with zero attached hydrogens (tertiary/aromatic N) is 1. The van der Waals surface area contributed by atoms with Gasteiger partial charge in [-0.05, 0) is 25.0 Å². The van der Waals surface area contributed by atoms with Gasteiger partial charge in [0.25, 0.3) is 5.91 Å². The second-order valence-corrected chi connectivity index (χ2v) is 5.51. The van der Waals surface area contributed by atoms with Gasteiger partial charge in [-0.15, -0.1) is 0 Å². The maximum absolute atomic E-state index is 12.2. The van der Waals surface area contributed by atoms with Crippen LogP contribution >= 0.6 is 11.6 Å². The van der Waals surface area contributed by atoms with E-state index >= 15 is 0 Å². The van der Waals surface area contributed by atoms with Gasteiger partial charge in [0.05, 0.1) is 17.7 Å². The molecule has 6 heteroatoms. The lowest BCUT2D eigenvalue weighted by atomic mass is 10.2. The molecule has 1 aromatic carbocycles. The van der Waals surface area contributed by atoms with Crippen LogP contribution in [-0.4, -0.2) is 49.8 Å². The zero-order chi connectivity index (χ0) is 15.2. The van der Waals surface area contributed by atoms with E-state index in [1.165, 1.54) is 0 Å². The minimum atomic E-state index is -0.371. The van der Waals surface area contributed by atoms with Crippen LogP contribution in [0.25, 0.3) is 0 Å². The average Bonchev–Trinajstić information content (AvgIpc) is 2.97. The number of hydrogen-bond donors (Lipinski definition) is 1. The zero-order valence-corrected chi connectivity index (χ0v) is 12.9. The molecule has 116 valence electrons. The smallest absolute Gasteiger partial charge is 0.251 e. The lowest BCUT2D eigenvalue weighted by molar-refractivity contribution is -0.141. The molecule has 0 bridgehead atoms. The second-order valence-electron chi connectivity index (χ2n) is 5.10. The highest BCUT2D eigenvalue weighted by molar-refractivity contribution is 6.32.